The second kappa shape index (κ2) is 10.7. The fourth-order valence-corrected chi connectivity index (χ4v) is 3.65. The van der Waals surface area contributed by atoms with Crippen LogP contribution in [0.3, 0.4) is 0 Å². The van der Waals surface area contributed by atoms with Gasteiger partial charge in [-0.1, -0.05) is 34.1 Å². The van der Waals surface area contributed by atoms with Gasteiger partial charge >= 0.3 is 0 Å². The van der Waals surface area contributed by atoms with E-state index in [9.17, 15) is 4.79 Å². The van der Waals surface area contributed by atoms with Crippen molar-refractivity contribution in [1.29, 1.82) is 0 Å². The first-order valence-electron chi connectivity index (χ1n) is 8.53. The minimum Gasteiger partial charge on any atom is -0.339 e. The first-order valence-corrected chi connectivity index (χ1v) is 9.41. The number of hydrogen-bond donors (Lipinski definition) is 1. The van der Waals surface area contributed by atoms with Crippen LogP contribution in [0.1, 0.15) is 51.2 Å². The number of amides is 1. The molecule has 2 rings (SSSR count). The van der Waals surface area contributed by atoms with Crippen molar-refractivity contribution in [2.45, 2.75) is 58.5 Å². The van der Waals surface area contributed by atoms with E-state index in [1.807, 2.05) is 4.90 Å². The lowest BCUT2D eigenvalue weighted by molar-refractivity contribution is -0.134. The molecule has 25 heavy (non-hydrogen) atoms. The topological polar surface area (TPSA) is 62.5 Å². The number of piperazine rings is 1. The number of rotatable bonds is 5. The second-order valence-corrected chi connectivity index (χ2v) is 8.25. The number of hydrogen-bond acceptors (Lipinski definition) is 5. The Morgan fingerprint density at radius 1 is 1.28 bits per heavy atom. The van der Waals surface area contributed by atoms with E-state index in [0.29, 0.717) is 0 Å². The van der Waals surface area contributed by atoms with Crippen LogP contribution in [0.25, 0.3) is 0 Å². The SMILES string of the molecule is CCCC(N)C(=O)N1CCN(Cc2csc(C(C)(C)C)n2)CC1.Cl.Cl. The van der Waals surface area contributed by atoms with Gasteiger partial charge in [-0.3, -0.25) is 9.69 Å². The van der Waals surface area contributed by atoms with Crippen LogP contribution < -0.4 is 5.73 Å². The molecule has 1 aliphatic rings. The van der Waals surface area contributed by atoms with E-state index < -0.39 is 0 Å². The quantitative estimate of drug-likeness (QED) is 0.809. The number of nitrogens with two attached hydrogens (primary N) is 1. The van der Waals surface area contributed by atoms with Crippen LogP contribution in [0.4, 0.5) is 0 Å². The molecule has 0 aromatic carbocycles. The molecule has 1 saturated heterocycles. The van der Waals surface area contributed by atoms with Crippen molar-refractivity contribution in [2.24, 2.45) is 5.73 Å². The van der Waals surface area contributed by atoms with Gasteiger partial charge in [-0.15, -0.1) is 36.2 Å². The van der Waals surface area contributed by atoms with Crippen molar-refractivity contribution < 1.29 is 4.79 Å². The molecule has 5 nitrogen and oxygen atoms in total. The molecule has 0 bridgehead atoms. The summed E-state index contributed by atoms with van der Waals surface area (Å²) in [6.07, 6.45) is 1.72. The molecule has 0 spiro atoms. The largest absolute Gasteiger partial charge is 0.339 e. The monoisotopic (exact) mass is 410 g/mol. The van der Waals surface area contributed by atoms with Crippen LogP contribution in [0, 0.1) is 0 Å². The number of carbonyl (C=O) groups excluding carboxylic acids is 1. The molecule has 2 N–H and O–H groups in total. The van der Waals surface area contributed by atoms with Crippen molar-refractivity contribution in [3.63, 3.8) is 0 Å². The van der Waals surface area contributed by atoms with Crippen molar-refractivity contribution in [3.8, 4) is 0 Å². The maximum absolute atomic E-state index is 12.2. The van der Waals surface area contributed by atoms with E-state index in [-0.39, 0.29) is 42.2 Å². The average Bonchev–Trinajstić information content (AvgIpc) is 2.96. The highest BCUT2D eigenvalue weighted by Crippen LogP contribution is 2.26. The van der Waals surface area contributed by atoms with E-state index in [1.54, 1.807) is 11.3 Å². The highest BCUT2D eigenvalue weighted by atomic mass is 35.5. The average molecular weight is 411 g/mol. The van der Waals surface area contributed by atoms with E-state index in [1.165, 1.54) is 5.01 Å². The Morgan fingerprint density at radius 3 is 2.36 bits per heavy atom. The second-order valence-electron chi connectivity index (χ2n) is 7.39. The van der Waals surface area contributed by atoms with Crippen LogP contribution >= 0.6 is 36.2 Å². The molecule has 1 fully saturated rings. The molecule has 0 saturated carbocycles. The predicted octanol–water partition coefficient (Wildman–Crippen LogP) is 3.06. The van der Waals surface area contributed by atoms with E-state index >= 15 is 0 Å². The standard InChI is InChI=1S/C17H30N4OS.2ClH/c1-5-6-14(18)15(22)21-9-7-20(8-10-21)11-13-12-23-16(19-13)17(2,3)4;;/h12,14H,5-11,18H2,1-4H3;2*1H. The first kappa shape index (κ1) is 24.6. The van der Waals surface area contributed by atoms with Crippen LogP contribution in [-0.2, 0) is 16.8 Å². The van der Waals surface area contributed by atoms with Gasteiger partial charge in [0, 0.05) is 43.5 Å². The molecule has 1 atom stereocenters. The molecule has 8 heteroatoms. The van der Waals surface area contributed by atoms with Crippen molar-refractivity contribution in [3.05, 3.63) is 16.1 Å². The predicted molar refractivity (Wildman–Crippen MR) is 110 cm³/mol. The lowest BCUT2D eigenvalue weighted by Gasteiger charge is -2.35. The fourth-order valence-electron chi connectivity index (χ4n) is 2.75. The van der Waals surface area contributed by atoms with Gasteiger partial charge in [-0.25, -0.2) is 4.98 Å². The molecule has 1 unspecified atom stereocenters. The van der Waals surface area contributed by atoms with Gasteiger partial charge in [-0.05, 0) is 6.42 Å². The Bertz CT molecular complexity index is 525. The first-order chi connectivity index (χ1) is 10.8. The summed E-state index contributed by atoms with van der Waals surface area (Å²) in [5.74, 6) is 0.107. The third kappa shape index (κ3) is 7.02. The van der Waals surface area contributed by atoms with Crippen molar-refractivity contribution in [1.82, 2.24) is 14.8 Å². The lowest BCUT2D eigenvalue weighted by atomic mass is 9.98. The molecule has 1 aromatic rings. The summed E-state index contributed by atoms with van der Waals surface area (Å²) in [4.78, 5) is 21.3. The maximum Gasteiger partial charge on any atom is 0.239 e. The van der Waals surface area contributed by atoms with Crippen LogP contribution in [0.2, 0.25) is 0 Å². The zero-order valence-corrected chi connectivity index (χ0v) is 18.1. The van der Waals surface area contributed by atoms with Gasteiger partial charge in [0.15, 0.2) is 0 Å². The minimum absolute atomic E-state index is 0. The van der Waals surface area contributed by atoms with Gasteiger partial charge in [0.25, 0.3) is 0 Å². The zero-order valence-electron chi connectivity index (χ0n) is 15.7. The third-order valence-electron chi connectivity index (χ3n) is 4.18. The molecule has 0 radical (unpaired) electrons. The zero-order chi connectivity index (χ0) is 17.0. The molecule has 2 heterocycles. The fraction of sp³-hybridized carbons (Fsp3) is 0.765. The van der Waals surface area contributed by atoms with Gasteiger partial charge in [0.05, 0.1) is 16.7 Å². The van der Waals surface area contributed by atoms with E-state index in [4.69, 9.17) is 10.7 Å². The number of nitrogens with zero attached hydrogens (tertiary/aromatic N) is 3. The molecular formula is C17H32Cl2N4OS. The lowest BCUT2D eigenvalue weighted by Crippen LogP contribution is -2.52. The van der Waals surface area contributed by atoms with Crippen LogP contribution in [0.5, 0.6) is 0 Å². The Morgan fingerprint density at radius 2 is 1.88 bits per heavy atom. The van der Waals surface area contributed by atoms with Crippen LogP contribution in [-0.4, -0.2) is 52.9 Å². The molecule has 1 aromatic heterocycles. The number of carbonyl (C=O) groups is 1. The number of aromatic nitrogens is 1. The van der Waals surface area contributed by atoms with E-state index in [2.05, 4.69) is 38.0 Å². The normalized spacial score (nSPS) is 16.8. The van der Waals surface area contributed by atoms with Crippen LogP contribution in [0.15, 0.2) is 5.38 Å². The smallest absolute Gasteiger partial charge is 0.239 e. The summed E-state index contributed by atoms with van der Waals surface area (Å²) in [5, 5.41) is 3.35. The Kier molecular flexibility index (Phi) is 10.5. The van der Waals surface area contributed by atoms with E-state index in [0.717, 1.165) is 51.3 Å². The summed E-state index contributed by atoms with van der Waals surface area (Å²) < 4.78 is 0. The van der Waals surface area contributed by atoms with Gasteiger partial charge < -0.3 is 10.6 Å². The summed E-state index contributed by atoms with van der Waals surface area (Å²) in [5.41, 5.74) is 7.20. The third-order valence-corrected chi connectivity index (χ3v) is 5.50. The Labute approximate surface area is 168 Å². The Balaban J connectivity index is 0.00000288. The Hall–Kier alpha value is -0.400. The van der Waals surface area contributed by atoms with Gasteiger partial charge in [0.2, 0.25) is 5.91 Å². The molecule has 1 aliphatic heterocycles. The minimum atomic E-state index is -0.334. The maximum atomic E-state index is 12.2. The summed E-state index contributed by atoms with van der Waals surface area (Å²) in [7, 11) is 0. The summed E-state index contributed by atoms with van der Waals surface area (Å²) in [6.45, 7) is 12.8. The van der Waals surface area contributed by atoms with Crippen molar-refractivity contribution in [2.75, 3.05) is 26.2 Å². The highest BCUT2D eigenvalue weighted by Gasteiger charge is 2.25. The molecule has 0 aliphatic carbocycles. The van der Waals surface area contributed by atoms with Crippen molar-refractivity contribution >= 4 is 42.1 Å². The number of halogens is 2. The molecular weight excluding hydrogens is 379 g/mol. The molecule has 1 amide bonds. The summed E-state index contributed by atoms with van der Waals surface area (Å²) in [6, 6.07) is -0.334. The molecule has 146 valence electrons. The summed E-state index contributed by atoms with van der Waals surface area (Å²) >= 11 is 1.74. The van der Waals surface area contributed by atoms with Gasteiger partial charge in [0.1, 0.15) is 0 Å². The highest BCUT2D eigenvalue weighted by molar-refractivity contribution is 7.09. The number of thiazole rings is 1. The van der Waals surface area contributed by atoms with Gasteiger partial charge in [-0.2, -0.15) is 0 Å².